The number of carbonyl (C=O) groups excluding carboxylic acids is 1. The fourth-order valence-electron chi connectivity index (χ4n) is 1.94. The topological polar surface area (TPSA) is 72.7 Å². The molecule has 0 bridgehead atoms. The van der Waals surface area contributed by atoms with Crippen LogP contribution in [0.25, 0.3) is 5.69 Å². The summed E-state index contributed by atoms with van der Waals surface area (Å²) in [6.45, 7) is 1.70. The van der Waals surface area contributed by atoms with Crippen molar-refractivity contribution in [2.45, 2.75) is 6.92 Å². The Kier molecular flexibility index (Phi) is 4.03. The molecular weight excluding hydrogens is 321 g/mol. The zero-order valence-electron chi connectivity index (χ0n) is 12.0. The van der Waals surface area contributed by atoms with Gasteiger partial charge in [0.1, 0.15) is 17.5 Å². The number of pyridine rings is 1. The summed E-state index contributed by atoms with van der Waals surface area (Å²) in [6, 6.07) is 8.92. The minimum absolute atomic E-state index is 0.0106. The van der Waals surface area contributed by atoms with E-state index in [4.69, 9.17) is 11.6 Å². The highest BCUT2D eigenvalue weighted by atomic mass is 35.5. The van der Waals surface area contributed by atoms with E-state index in [-0.39, 0.29) is 11.6 Å². The van der Waals surface area contributed by atoms with Gasteiger partial charge in [-0.25, -0.2) is 19.0 Å². The smallest absolute Gasteiger partial charge is 0.296 e. The van der Waals surface area contributed by atoms with Crippen LogP contribution in [0.15, 0.2) is 42.6 Å². The first-order valence-electron chi connectivity index (χ1n) is 6.65. The van der Waals surface area contributed by atoms with Gasteiger partial charge in [-0.2, -0.15) is 0 Å². The lowest BCUT2D eigenvalue weighted by Gasteiger charge is -2.02. The van der Waals surface area contributed by atoms with E-state index < -0.39 is 5.91 Å². The van der Waals surface area contributed by atoms with Crippen LogP contribution in [0.3, 0.4) is 0 Å². The first kappa shape index (κ1) is 15.1. The van der Waals surface area contributed by atoms with E-state index in [1.54, 1.807) is 31.2 Å². The van der Waals surface area contributed by atoms with Crippen molar-refractivity contribution in [2.75, 3.05) is 5.32 Å². The average molecular weight is 332 g/mol. The molecule has 116 valence electrons. The van der Waals surface area contributed by atoms with Gasteiger partial charge in [0.25, 0.3) is 5.91 Å². The van der Waals surface area contributed by atoms with Gasteiger partial charge in [0.15, 0.2) is 0 Å². The number of benzene rings is 1. The first-order chi connectivity index (χ1) is 11.0. The molecule has 23 heavy (non-hydrogen) atoms. The van der Waals surface area contributed by atoms with Gasteiger partial charge in [-0.05, 0) is 43.3 Å². The minimum Gasteiger partial charge on any atom is -0.304 e. The summed E-state index contributed by atoms with van der Waals surface area (Å²) in [5.41, 5.74) is 0.611. The molecule has 0 atom stereocenters. The summed E-state index contributed by atoms with van der Waals surface area (Å²) < 4.78 is 14.4. The first-order valence-corrected chi connectivity index (χ1v) is 7.03. The average Bonchev–Trinajstić information content (AvgIpc) is 2.92. The summed E-state index contributed by atoms with van der Waals surface area (Å²) in [7, 11) is 0. The van der Waals surface area contributed by atoms with Crippen molar-refractivity contribution in [3.8, 4) is 5.69 Å². The van der Waals surface area contributed by atoms with Gasteiger partial charge in [0.2, 0.25) is 5.82 Å². The lowest BCUT2D eigenvalue weighted by molar-refractivity contribution is 0.101. The Morgan fingerprint density at radius 1 is 1.22 bits per heavy atom. The van der Waals surface area contributed by atoms with E-state index in [0.717, 1.165) is 0 Å². The van der Waals surface area contributed by atoms with Crippen LogP contribution in [0.4, 0.5) is 10.2 Å². The zero-order valence-corrected chi connectivity index (χ0v) is 12.8. The summed E-state index contributed by atoms with van der Waals surface area (Å²) in [5.74, 6) is -0.00772. The van der Waals surface area contributed by atoms with Crippen LogP contribution in [0.2, 0.25) is 5.02 Å². The van der Waals surface area contributed by atoms with Gasteiger partial charge in [-0.3, -0.25) is 4.79 Å². The maximum atomic E-state index is 13.0. The molecule has 6 nitrogen and oxygen atoms in total. The Hall–Kier alpha value is -2.80. The third kappa shape index (κ3) is 3.35. The van der Waals surface area contributed by atoms with E-state index in [0.29, 0.717) is 22.4 Å². The molecule has 1 aromatic carbocycles. The maximum Gasteiger partial charge on any atom is 0.296 e. The predicted molar refractivity (Wildman–Crippen MR) is 83.3 cm³/mol. The highest BCUT2D eigenvalue weighted by Gasteiger charge is 2.16. The number of amides is 1. The van der Waals surface area contributed by atoms with Crippen molar-refractivity contribution in [1.29, 1.82) is 0 Å². The van der Waals surface area contributed by atoms with Gasteiger partial charge in [0.05, 0.1) is 10.7 Å². The molecule has 8 heteroatoms. The lowest BCUT2D eigenvalue weighted by Crippen LogP contribution is -2.15. The number of halogens is 2. The van der Waals surface area contributed by atoms with Crippen molar-refractivity contribution in [3.05, 3.63) is 65.1 Å². The van der Waals surface area contributed by atoms with Crippen LogP contribution in [0.5, 0.6) is 0 Å². The monoisotopic (exact) mass is 331 g/mol. The molecule has 2 heterocycles. The number of hydrogen-bond acceptors (Lipinski definition) is 4. The fraction of sp³-hybridized carbons (Fsp3) is 0.0667. The molecule has 0 fully saturated rings. The Morgan fingerprint density at radius 3 is 2.61 bits per heavy atom. The van der Waals surface area contributed by atoms with Gasteiger partial charge in [-0.15, -0.1) is 5.10 Å². The van der Waals surface area contributed by atoms with E-state index in [9.17, 15) is 9.18 Å². The number of anilines is 1. The highest BCUT2D eigenvalue weighted by molar-refractivity contribution is 6.30. The molecule has 0 aliphatic rings. The van der Waals surface area contributed by atoms with Crippen LogP contribution in [0.1, 0.15) is 16.4 Å². The third-order valence-electron chi connectivity index (χ3n) is 3.01. The molecule has 1 amide bonds. The number of aryl methyl sites for hydroxylation is 1. The Bertz CT molecular complexity index is 845. The second-order valence-electron chi connectivity index (χ2n) is 4.69. The molecule has 0 saturated carbocycles. The van der Waals surface area contributed by atoms with Crippen LogP contribution in [-0.4, -0.2) is 25.7 Å². The van der Waals surface area contributed by atoms with Crippen LogP contribution >= 0.6 is 11.6 Å². The normalized spacial score (nSPS) is 10.6. The van der Waals surface area contributed by atoms with E-state index >= 15 is 0 Å². The van der Waals surface area contributed by atoms with Crippen molar-refractivity contribution in [3.63, 3.8) is 0 Å². The van der Waals surface area contributed by atoms with E-state index in [1.807, 2.05) is 0 Å². The second kappa shape index (κ2) is 6.13. The minimum atomic E-state index is -0.496. The fourth-order valence-corrected chi connectivity index (χ4v) is 2.05. The number of nitrogens with zero attached hydrogens (tertiary/aromatic N) is 4. The third-order valence-corrected chi connectivity index (χ3v) is 3.24. The SMILES string of the molecule is Cc1nc(C(=O)Nc2ccc(Cl)cn2)nn1-c1ccc(F)cc1. The predicted octanol–water partition coefficient (Wildman–Crippen LogP) is 3.02. The molecule has 3 aromatic rings. The molecule has 0 spiro atoms. The molecule has 0 aliphatic heterocycles. The van der Waals surface area contributed by atoms with Crippen molar-refractivity contribution >= 4 is 23.3 Å². The summed E-state index contributed by atoms with van der Waals surface area (Å²) in [5, 5.41) is 7.19. The van der Waals surface area contributed by atoms with Crippen LogP contribution < -0.4 is 5.32 Å². The Labute approximate surface area is 136 Å². The van der Waals surface area contributed by atoms with Gasteiger partial charge in [-0.1, -0.05) is 11.6 Å². The lowest BCUT2D eigenvalue weighted by atomic mass is 10.3. The molecule has 0 aliphatic carbocycles. The second-order valence-corrected chi connectivity index (χ2v) is 5.12. The van der Waals surface area contributed by atoms with Crippen molar-refractivity contribution in [2.24, 2.45) is 0 Å². The Balaban J connectivity index is 1.83. The quantitative estimate of drug-likeness (QED) is 0.800. The van der Waals surface area contributed by atoms with Crippen LogP contribution in [0, 0.1) is 12.7 Å². The molecule has 3 rings (SSSR count). The Morgan fingerprint density at radius 2 is 1.96 bits per heavy atom. The summed E-state index contributed by atoms with van der Waals surface area (Å²) in [6.07, 6.45) is 1.42. The van der Waals surface area contributed by atoms with Crippen molar-refractivity contribution < 1.29 is 9.18 Å². The molecule has 2 aromatic heterocycles. The standard InChI is InChI=1S/C15H11ClFN5O/c1-9-19-14(15(23)20-13-7-2-10(16)8-18-13)21-22(9)12-5-3-11(17)4-6-12/h2-8H,1H3,(H,18,20,23). The number of aromatic nitrogens is 4. The van der Waals surface area contributed by atoms with Gasteiger partial charge >= 0.3 is 0 Å². The number of hydrogen-bond donors (Lipinski definition) is 1. The van der Waals surface area contributed by atoms with Gasteiger partial charge < -0.3 is 5.32 Å². The number of carbonyl (C=O) groups is 1. The molecule has 1 N–H and O–H groups in total. The molecule has 0 unspecified atom stereocenters. The van der Waals surface area contributed by atoms with Gasteiger partial charge in [0, 0.05) is 6.20 Å². The summed E-state index contributed by atoms with van der Waals surface area (Å²) >= 11 is 5.74. The maximum absolute atomic E-state index is 13.0. The molecular formula is C15H11ClFN5O. The van der Waals surface area contributed by atoms with Crippen LogP contribution in [-0.2, 0) is 0 Å². The largest absolute Gasteiger partial charge is 0.304 e. The van der Waals surface area contributed by atoms with E-state index in [1.165, 1.54) is 23.0 Å². The van der Waals surface area contributed by atoms with E-state index in [2.05, 4.69) is 20.4 Å². The number of nitrogens with one attached hydrogen (secondary N) is 1. The summed E-state index contributed by atoms with van der Waals surface area (Å²) in [4.78, 5) is 20.3. The number of rotatable bonds is 3. The van der Waals surface area contributed by atoms with Crippen molar-refractivity contribution in [1.82, 2.24) is 19.7 Å². The molecule has 0 saturated heterocycles. The highest BCUT2D eigenvalue weighted by Crippen LogP contribution is 2.13. The molecule has 0 radical (unpaired) electrons. The zero-order chi connectivity index (χ0) is 16.4.